The van der Waals surface area contributed by atoms with Gasteiger partial charge in [0, 0.05) is 17.1 Å². The van der Waals surface area contributed by atoms with E-state index in [-0.39, 0.29) is 5.78 Å². The molecule has 2 heterocycles. The van der Waals surface area contributed by atoms with Crippen LogP contribution in [0.4, 0.5) is 0 Å². The predicted octanol–water partition coefficient (Wildman–Crippen LogP) is 3.15. The second-order valence-electron chi connectivity index (χ2n) is 3.02. The highest BCUT2D eigenvalue weighted by molar-refractivity contribution is 9.11. The van der Waals surface area contributed by atoms with Crippen LogP contribution in [0.25, 0.3) is 0 Å². The zero-order valence-electron chi connectivity index (χ0n) is 8.44. The van der Waals surface area contributed by atoms with Gasteiger partial charge in [0.2, 0.25) is 5.78 Å². The molecule has 82 valence electrons. The Hall–Kier alpha value is -1.20. The lowest BCUT2D eigenvalue weighted by molar-refractivity contribution is 0.103. The minimum Gasteiger partial charge on any atom is -0.494 e. The second kappa shape index (κ2) is 4.76. The van der Waals surface area contributed by atoms with Crippen LogP contribution in [-0.2, 0) is 0 Å². The van der Waals surface area contributed by atoms with E-state index in [0.717, 1.165) is 3.79 Å². The summed E-state index contributed by atoms with van der Waals surface area (Å²) in [4.78, 5) is 16.1. The fourth-order valence-corrected chi connectivity index (χ4v) is 2.43. The number of hydrogen-bond donors (Lipinski definition) is 0. The van der Waals surface area contributed by atoms with Crippen LogP contribution >= 0.6 is 27.3 Å². The molecular formula is C11H8BrNO2S. The summed E-state index contributed by atoms with van der Waals surface area (Å²) in [5, 5.41) is 1.79. The van der Waals surface area contributed by atoms with Crippen molar-refractivity contribution < 1.29 is 9.53 Å². The van der Waals surface area contributed by atoms with Gasteiger partial charge in [-0.15, -0.1) is 11.3 Å². The van der Waals surface area contributed by atoms with Gasteiger partial charge in [0.15, 0.2) is 5.69 Å². The number of rotatable bonds is 3. The van der Waals surface area contributed by atoms with E-state index in [1.54, 1.807) is 29.8 Å². The summed E-state index contributed by atoms with van der Waals surface area (Å²) in [6, 6.07) is 5.24. The maximum Gasteiger partial charge on any atom is 0.216 e. The van der Waals surface area contributed by atoms with Crippen LogP contribution in [0.5, 0.6) is 5.75 Å². The Morgan fingerprint density at radius 3 is 3.00 bits per heavy atom. The van der Waals surface area contributed by atoms with Gasteiger partial charge >= 0.3 is 0 Å². The van der Waals surface area contributed by atoms with Crippen molar-refractivity contribution in [3.05, 3.63) is 44.8 Å². The first-order valence-electron chi connectivity index (χ1n) is 4.50. The molecule has 5 heteroatoms. The molecule has 0 amide bonds. The summed E-state index contributed by atoms with van der Waals surface area (Å²) in [6.45, 7) is 0. The van der Waals surface area contributed by atoms with E-state index in [1.165, 1.54) is 18.4 Å². The van der Waals surface area contributed by atoms with Crippen LogP contribution in [-0.4, -0.2) is 17.9 Å². The molecule has 0 unspecified atom stereocenters. The molecule has 0 radical (unpaired) electrons. The third-order valence-corrected chi connectivity index (χ3v) is 3.54. The van der Waals surface area contributed by atoms with Crippen LogP contribution in [0.2, 0.25) is 0 Å². The molecule has 0 atom stereocenters. The van der Waals surface area contributed by atoms with Crippen molar-refractivity contribution in [2.24, 2.45) is 0 Å². The van der Waals surface area contributed by atoms with Crippen molar-refractivity contribution in [1.82, 2.24) is 4.98 Å². The van der Waals surface area contributed by atoms with E-state index in [2.05, 4.69) is 20.9 Å². The molecule has 0 aliphatic heterocycles. The van der Waals surface area contributed by atoms with Crippen LogP contribution in [0.15, 0.2) is 33.6 Å². The molecule has 0 aromatic carbocycles. The largest absolute Gasteiger partial charge is 0.494 e. The predicted molar refractivity (Wildman–Crippen MR) is 66.2 cm³/mol. The van der Waals surface area contributed by atoms with Gasteiger partial charge in [-0.2, -0.15) is 0 Å². The van der Waals surface area contributed by atoms with Gasteiger partial charge in [0.1, 0.15) is 5.75 Å². The van der Waals surface area contributed by atoms with E-state index in [1.807, 2.05) is 0 Å². The molecule has 0 N–H and O–H groups in total. The Kier molecular flexibility index (Phi) is 3.36. The molecule has 0 saturated heterocycles. The van der Waals surface area contributed by atoms with E-state index >= 15 is 0 Å². The zero-order chi connectivity index (χ0) is 11.5. The number of nitrogens with zero attached hydrogens (tertiary/aromatic N) is 1. The molecule has 2 aromatic heterocycles. The Labute approximate surface area is 105 Å². The van der Waals surface area contributed by atoms with Crippen LogP contribution < -0.4 is 4.74 Å². The highest BCUT2D eigenvalue weighted by Crippen LogP contribution is 2.25. The van der Waals surface area contributed by atoms with E-state index < -0.39 is 0 Å². The van der Waals surface area contributed by atoms with Gasteiger partial charge in [-0.1, -0.05) is 0 Å². The SMILES string of the molecule is COc1cccnc1C(=O)c1csc(Br)c1. The molecule has 3 nitrogen and oxygen atoms in total. The molecule has 16 heavy (non-hydrogen) atoms. The number of thiophene rings is 1. The first kappa shape index (κ1) is 11.3. The maximum absolute atomic E-state index is 12.1. The first-order valence-corrected chi connectivity index (χ1v) is 6.17. The van der Waals surface area contributed by atoms with Crippen molar-refractivity contribution in [1.29, 1.82) is 0 Å². The molecule has 0 spiro atoms. The Morgan fingerprint density at radius 2 is 2.38 bits per heavy atom. The maximum atomic E-state index is 12.1. The number of carbonyl (C=O) groups is 1. The van der Waals surface area contributed by atoms with E-state index in [9.17, 15) is 4.79 Å². The summed E-state index contributed by atoms with van der Waals surface area (Å²) in [5.41, 5.74) is 0.962. The lowest BCUT2D eigenvalue weighted by atomic mass is 10.1. The quantitative estimate of drug-likeness (QED) is 0.817. The lowest BCUT2D eigenvalue weighted by Crippen LogP contribution is -2.05. The number of halogens is 1. The number of ketones is 1. The average Bonchev–Trinajstić information content (AvgIpc) is 2.75. The summed E-state index contributed by atoms with van der Waals surface area (Å²) in [6.07, 6.45) is 1.58. The smallest absolute Gasteiger partial charge is 0.216 e. The number of ether oxygens (including phenoxy) is 1. The Balaban J connectivity index is 2.41. The van der Waals surface area contributed by atoms with Gasteiger partial charge in [0.25, 0.3) is 0 Å². The molecule has 2 rings (SSSR count). The lowest BCUT2D eigenvalue weighted by Gasteiger charge is -2.04. The summed E-state index contributed by atoms with van der Waals surface area (Å²) in [5.74, 6) is 0.370. The van der Waals surface area contributed by atoms with Crippen LogP contribution in [0.3, 0.4) is 0 Å². The van der Waals surface area contributed by atoms with E-state index in [0.29, 0.717) is 17.0 Å². The van der Waals surface area contributed by atoms with Gasteiger partial charge < -0.3 is 4.74 Å². The standard InChI is InChI=1S/C11H8BrNO2S/c1-15-8-3-2-4-13-10(8)11(14)7-5-9(12)16-6-7/h2-6H,1H3. The molecule has 0 saturated carbocycles. The highest BCUT2D eigenvalue weighted by Gasteiger charge is 2.16. The average molecular weight is 298 g/mol. The monoisotopic (exact) mass is 297 g/mol. The number of aromatic nitrogens is 1. The third kappa shape index (κ3) is 2.15. The van der Waals surface area contributed by atoms with Gasteiger partial charge in [0.05, 0.1) is 10.9 Å². The topological polar surface area (TPSA) is 39.2 Å². The number of methoxy groups -OCH3 is 1. The summed E-state index contributed by atoms with van der Waals surface area (Å²) < 4.78 is 6.03. The van der Waals surface area contributed by atoms with Gasteiger partial charge in [-0.05, 0) is 34.1 Å². The second-order valence-corrected chi connectivity index (χ2v) is 5.31. The van der Waals surface area contributed by atoms with E-state index in [4.69, 9.17) is 4.74 Å². The van der Waals surface area contributed by atoms with Crippen molar-refractivity contribution in [2.45, 2.75) is 0 Å². The highest BCUT2D eigenvalue weighted by atomic mass is 79.9. The van der Waals surface area contributed by atoms with Crippen molar-refractivity contribution in [3.8, 4) is 5.75 Å². The summed E-state index contributed by atoms with van der Waals surface area (Å²) >= 11 is 4.79. The third-order valence-electron chi connectivity index (χ3n) is 2.04. The summed E-state index contributed by atoms with van der Waals surface area (Å²) in [7, 11) is 1.53. The fourth-order valence-electron chi connectivity index (χ4n) is 1.29. The molecule has 0 bridgehead atoms. The van der Waals surface area contributed by atoms with Crippen LogP contribution in [0, 0.1) is 0 Å². The minimum atomic E-state index is -0.126. The molecule has 0 aliphatic rings. The van der Waals surface area contributed by atoms with Gasteiger partial charge in [-0.25, -0.2) is 4.98 Å². The normalized spacial score (nSPS) is 10.1. The molecule has 0 aliphatic carbocycles. The number of hydrogen-bond acceptors (Lipinski definition) is 4. The minimum absolute atomic E-state index is 0.126. The van der Waals surface area contributed by atoms with Crippen molar-refractivity contribution in [3.63, 3.8) is 0 Å². The van der Waals surface area contributed by atoms with Crippen molar-refractivity contribution in [2.75, 3.05) is 7.11 Å². The Bertz CT molecular complexity index is 524. The molecule has 0 fully saturated rings. The van der Waals surface area contributed by atoms with Crippen LogP contribution in [0.1, 0.15) is 16.1 Å². The first-order chi connectivity index (χ1) is 7.72. The zero-order valence-corrected chi connectivity index (χ0v) is 10.8. The van der Waals surface area contributed by atoms with Crippen molar-refractivity contribution >= 4 is 33.0 Å². The molecular weight excluding hydrogens is 290 g/mol. The van der Waals surface area contributed by atoms with Gasteiger partial charge in [-0.3, -0.25) is 4.79 Å². The molecule has 2 aromatic rings. The fraction of sp³-hybridized carbons (Fsp3) is 0.0909. The number of carbonyl (C=O) groups excluding carboxylic acids is 1. The Morgan fingerprint density at radius 1 is 1.56 bits per heavy atom. The number of pyridine rings is 1.